The van der Waals surface area contributed by atoms with Crippen LogP contribution in [-0.4, -0.2) is 46.2 Å². The van der Waals surface area contributed by atoms with Crippen molar-refractivity contribution in [3.05, 3.63) is 75.6 Å². The Morgan fingerprint density at radius 2 is 1.81 bits per heavy atom. The summed E-state index contributed by atoms with van der Waals surface area (Å²) in [5, 5.41) is 15.3. The number of carbonyl (C=O) groups excluding carboxylic acids is 1. The maximum atomic E-state index is 13.1. The summed E-state index contributed by atoms with van der Waals surface area (Å²) in [6.07, 6.45) is 0.912. The molecule has 2 aliphatic rings. The van der Waals surface area contributed by atoms with Crippen molar-refractivity contribution in [2.24, 2.45) is 4.99 Å². The van der Waals surface area contributed by atoms with Gasteiger partial charge in [-0.25, -0.2) is 9.98 Å². The first-order chi connectivity index (χ1) is 17.7. The van der Waals surface area contributed by atoms with E-state index in [0.717, 1.165) is 47.1 Å². The number of aliphatic imine (C=N–C) groups is 1. The lowest BCUT2D eigenvalue weighted by atomic mass is 9.97. The first kappa shape index (κ1) is 22.6. The molecular formula is C26H24N6O3S. The van der Waals surface area contributed by atoms with E-state index in [1.165, 1.54) is 0 Å². The highest BCUT2D eigenvalue weighted by Gasteiger charge is 2.29. The molecule has 2 aromatic carbocycles. The Labute approximate surface area is 211 Å². The van der Waals surface area contributed by atoms with Gasteiger partial charge in [-0.05, 0) is 25.8 Å². The van der Waals surface area contributed by atoms with Crippen molar-refractivity contribution >= 4 is 34.7 Å². The van der Waals surface area contributed by atoms with Gasteiger partial charge in [-0.3, -0.25) is 4.79 Å². The number of nitrogens with zero attached hydrogens (tertiary/aromatic N) is 4. The number of thiazole rings is 1. The van der Waals surface area contributed by atoms with Crippen LogP contribution in [0.1, 0.15) is 39.8 Å². The van der Waals surface area contributed by atoms with Crippen molar-refractivity contribution in [1.82, 2.24) is 15.2 Å². The van der Waals surface area contributed by atoms with Gasteiger partial charge >= 0.3 is 6.01 Å². The number of benzene rings is 2. The van der Waals surface area contributed by atoms with Crippen molar-refractivity contribution in [3.63, 3.8) is 0 Å². The first-order valence-corrected chi connectivity index (χ1v) is 12.7. The number of benzodiazepines with no additional fused rings is 1. The fourth-order valence-corrected chi connectivity index (χ4v) is 5.59. The Bertz CT molecular complexity index is 1420. The summed E-state index contributed by atoms with van der Waals surface area (Å²) in [7, 11) is 0. The van der Waals surface area contributed by atoms with Crippen LogP contribution in [0.3, 0.4) is 0 Å². The molecule has 0 saturated carbocycles. The monoisotopic (exact) mass is 500 g/mol. The van der Waals surface area contributed by atoms with E-state index >= 15 is 0 Å². The maximum Gasteiger partial charge on any atom is 0.317 e. The second-order valence-electron chi connectivity index (χ2n) is 8.67. The molecule has 0 bridgehead atoms. The number of hydrogen-bond donors (Lipinski definition) is 2. The van der Waals surface area contributed by atoms with Gasteiger partial charge in [-0.1, -0.05) is 53.6 Å². The smallest absolute Gasteiger partial charge is 0.317 e. The van der Waals surface area contributed by atoms with Gasteiger partial charge in [0.2, 0.25) is 6.17 Å². The Morgan fingerprint density at radius 3 is 2.64 bits per heavy atom. The van der Waals surface area contributed by atoms with Crippen molar-refractivity contribution in [1.29, 1.82) is 0 Å². The van der Waals surface area contributed by atoms with Crippen LogP contribution >= 0.6 is 11.3 Å². The lowest BCUT2D eigenvalue weighted by molar-refractivity contribution is -0.116. The van der Waals surface area contributed by atoms with Crippen LogP contribution in [0.5, 0.6) is 0 Å². The molecule has 1 saturated heterocycles. The van der Waals surface area contributed by atoms with Gasteiger partial charge in [0.15, 0.2) is 0 Å². The zero-order chi connectivity index (χ0) is 24.5. The Morgan fingerprint density at radius 1 is 1.03 bits per heavy atom. The van der Waals surface area contributed by atoms with E-state index in [-0.39, 0.29) is 11.9 Å². The van der Waals surface area contributed by atoms with E-state index in [2.05, 4.69) is 25.8 Å². The van der Waals surface area contributed by atoms with Crippen LogP contribution in [0.15, 0.2) is 64.0 Å². The fourth-order valence-electron chi connectivity index (χ4n) is 4.51. The second kappa shape index (κ2) is 9.63. The predicted octanol–water partition coefficient (Wildman–Crippen LogP) is 4.62. The standard InChI is InChI=1S/C26H24N6O3S/c1-15-27-21(22(36-15)17-11-13-34-14-12-17)25-31-32-26(35-25)30-23-24(33)28-19-10-6-5-9-18(19)20(29-23)16-7-3-2-4-8-16/h2-10,17,23H,11-14H2,1H3,(H,28,33)(H,30,32). The van der Waals surface area contributed by atoms with E-state index < -0.39 is 6.17 Å². The highest BCUT2D eigenvalue weighted by molar-refractivity contribution is 7.12. The van der Waals surface area contributed by atoms with Crippen molar-refractivity contribution in [3.8, 4) is 11.6 Å². The molecule has 1 amide bonds. The average Bonchev–Trinajstić information content (AvgIpc) is 3.51. The molecule has 1 fully saturated rings. The van der Waals surface area contributed by atoms with E-state index in [0.29, 0.717) is 28.9 Å². The third kappa shape index (κ3) is 4.40. The van der Waals surface area contributed by atoms with Crippen LogP contribution in [0.4, 0.5) is 11.7 Å². The molecular weight excluding hydrogens is 476 g/mol. The Balaban J connectivity index is 1.31. The summed E-state index contributed by atoms with van der Waals surface area (Å²) >= 11 is 1.65. The third-order valence-electron chi connectivity index (χ3n) is 6.23. The first-order valence-electron chi connectivity index (χ1n) is 11.8. The van der Waals surface area contributed by atoms with E-state index in [1.54, 1.807) is 11.3 Å². The van der Waals surface area contributed by atoms with Crippen LogP contribution in [0.25, 0.3) is 11.6 Å². The molecule has 1 unspecified atom stereocenters. The minimum atomic E-state index is -0.965. The summed E-state index contributed by atoms with van der Waals surface area (Å²) in [6, 6.07) is 17.5. The van der Waals surface area contributed by atoms with E-state index in [9.17, 15) is 4.79 Å². The van der Waals surface area contributed by atoms with Crippen LogP contribution in [-0.2, 0) is 9.53 Å². The average molecular weight is 501 g/mol. The predicted molar refractivity (Wildman–Crippen MR) is 138 cm³/mol. The Kier molecular flexibility index (Phi) is 6.04. The molecule has 10 heteroatoms. The molecule has 6 rings (SSSR count). The SMILES string of the molecule is Cc1nc(-c2nnc(NC3N=C(c4ccccc4)c4ccccc4NC3=O)o2)c(C2CCOCC2)s1. The maximum absolute atomic E-state index is 13.1. The van der Waals surface area contributed by atoms with Gasteiger partial charge < -0.3 is 19.8 Å². The fraction of sp³-hybridized carbons (Fsp3) is 0.269. The lowest BCUT2D eigenvalue weighted by Crippen LogP contribution is -2.32. The van der Waals surface area contributed by atoms with Gasteiger partial charge in [0.05, 0.1) is 16.4 Å². The molecule has 1 atom stereocenters. The number of rotatable bonds is 5. The number of aryl methyl sites for hydroxylation is 1. The summed E-state index contributed by atoms with van der Waals surface area (Å²) in [6.45, 7) is 3.44. The molecule has 4 aromatic rings. The summed E-state index contributed by atoms with van der Waals surface area (Å²) in [5.74, 6) is 0.362. The van der Waals surface area contributed by atoms with Crippen LogP contribution in [0, 0.1) is 6.92 Å². The number of amides is 1. The second-order valence-corrected chi connectivity index (χ2v) is 9.90. The molecule has 9 nitrogen and oxygen atoms in total. The highest BCUT2D eigenvalue weighted by atomic mass is 32.1. The molecule has 2 aromatic heterocycles. The number of carbonyl (C=O) groups is 1. The highest BCUT2D eigenvalue weighted by Crippen LogP contribution is 2.38. The Hall–Kier alpha value is -3.89. The molecule has 4 heterocycles. The van der Waals surface area contributed by atoms with Crippen molar-refractivity contribution in [2.75, 3.05) is 23.8 Å². The number of aromatic nitrogens is 3. The van der Waals surface area contributed by atoms with Crippen molar-refractivity contribution < 1.29 is 13.9 Å². The number of hydrogen-bond acceptors (Lipinski definition) is 9. The van der Waals surface area contributed by atoms with E-state index in [4.69, 9.17) is 14.1 Å². The molecule has 182 valence electrons. The molecule has 0 radical (unpaired) electrons. The van der Waals surface area contributed by atoms with Gasteiger partial charge in [-0.2, -0.15) is 0 Å². The molecule has 36 heavy (non-hydrogen) atoms. The molecule has 2 N–H and O–H groups in total. The molecule has 0 aliphatic carbocycles. The number of anilines is 2. The zero-order valence-electron chi connectivity index (χ0n) is 19.6. The molecule has 2 aliphatic heterocycles. The third-order valence-corrected chi connectivity index (χ3v) is 7.37. The molecule has 0 spiro atoms. The normalized spacial score (nSPS) is 18.2. The number of ether oxygens (including phenoxy) is 1. The van der Waals surface area contributed by atoms with Crippen LogP contribution < -0.4 is 10.6 Å². The quantitative estimate of drug-likeness (QED) is 0.411. The van der Waals surface area contributed by atoms with Gasteiger partial charge in [0, 0.05) is 35.1 Å². The van der Waals surface area contributed by atoms with E-state index in [1.807, 2.05) is 61.5 Å². The largest absolute Gasteiger partial charge is 0.402 e. The minimum absolute atomic E-state index is 0.107. The topological polar surface area (TPSA) is 115 Å². The number of para-hydroxylation sites is 1. The van der Waals surface area contributed by atoms with Crippen molar-refractivity contribution in [2.45, 2.75) is 31.8 Å². The van der Waals surface area contributed by atoms with Gasteiger partial charge in [0.1, 0.15) is 5.69 Å². The minimum Gasteiger partial charge on any atom is -0.402 e. The summed E-state index contributed by atoms with van der Waals surface area (Å²) in [4.78, 5) is 23.7. The number of fused-ring (bicyclic) bond motifs is 1. The van der Waals surface area contributed by atoms with Gasteiger partial charge in [0.25, 0.3) is 11.8 Å². The lowest BCUT2D eigenvalue weighted by Gasteiger charge is -2.21. The zero-order valence-corrected chi connectivity index (χ0v) is 20.4. The summed E-state index contributed by atoms with van der Waals surface area (Å²) in [5.41, 5.74) is 3.83. The number of nitrogens with one attached hydrogen (secondary N) is 2. The van der Waals surface area contributed by atoms with Crippen LogP contribution in [0.2, 0.25) is 0 Å². The summed E-state index contributed by atoms with van der Waals surface area (Å²) < 4.78 is 11.5. The van der Waals surface area contributed by atoms with Gasteiger partial charge in [-0.15, -0.1) is 16.4 Å².